The molecule has 1 aliphatic heterocycles. The first kappa shape index (κ1) is 12.6. The smallest absolute Gasteiger partial charge is 0.356 e. The zero-order valence-electron chi connectivity index (χ0n) is 10.4. The van der Waals surface area contributed by atoms with Crippen molar-refractivity contribution in [2.24, 2.45) is 0 Å². The van der Waals surface area contributed by atoms with Crippen LogP contribution in [0.4, 0.5) is 0 Å². The highest BCUT2D eigenvalue weighted by Gasteiger charge is 2.20. The molecule has 0 atom stereocenters. The summed E-state index contributed by atoms with van der Waals surface area (Å²) >= 11 is 0. The zero-order valence-corrected chi connectivity index (χ0v) is 10.4. The highest BCUT2D eigenvalue weighted by atomic mass is 16.6. The monoisotopic (exact) mass is 247 g/mol. The van der Waals surface area contributed by atoms with Crippen molar-refractivity contribution in [2.45, 2.75) is 19.8 Å². The van der Waals surface area contributed by atoms with Gasteiger partial charge in [0.05, 0.1) is 13.2 Å². The molecule has 1 N–H and O–H groups in total. The number of hydroxylamine groups is 1. The van der Waals surface area contributed by atoms with E-state index < -0.39 is 0 Å². The Bertz CT molecular complexity index is 440. The van der Waals surface area contributed by atoms with Gasteiger partial charge in [0.2, 0.25) is 0 Å². The van der Waals surface area contributed by atoms with Crippen LogP contribution in [0.3, 0.4) is 0 Å². The van der Waals surface area contributed by atoms with Crippen LogP contribution in [-0.4, -0.2) is 19.2 Å². The molecule has 4 nitrogen and oxygen atoms in total. The van der Waals surface area contributed by atoms with Crippen LogP contribution in [-0.2, 0) is 20.8 Å². The second-order valence-corrected chi connectivity index (χ2v) is 4.06. The van der Waals surface area contributed by atoms with Crippen molar-refractivity contribution in [1.29, 1.82) is 0 Å². The quantitative estimate of drug-likeness (QED) is 0.826. The Labute approximate surface area is 107 Å². The summed E-state index contributed by atoms with van der Waals surface area (Å²) in [6, 6.07) is 10.1. The third kappa shape index (κ3) is 3.11. The van der Waals surface area contributed by atoms with Crippen LogP contribution >= 0.6 is 0 Å². The standard InChI is InChI=1S/C14H17NO3/c1-2-17-14(16)13-12(8-9-18-15-13)10-11-6-4-3-5-7-11/h3-7,15H,2,8-10H2,1H3. The average molecular weight is 247 g/mol. The second kappa shape index (κ2) is 6.21. The van der Waals surface area contributed by atoms with Crippen molar-refractivity contribution in [2.75, 3.05) is 13.2 Å². The molecule has 1 aromatic carbocycles. The van der Waals surface area contributed by atoms with Crippen molar-refractivity contribution in [3.8, 4) is 0 Å². The van der Waals surface area contributed by atoms with Gasteiger partial charge in [-0.05, 0) is 30.9 Å². The summed E-state index contributed by atoms with van der Waals surface area (Å²) in [7, 11) is 0. The highest BCUT2D eigenvalue weighted by molar-refractivity contribution is 5.88. The molecule has 18 heavy (non-hydrogen) atoms. The normalized spacial score (nSPS) is 15.2. The minimum Gasteiger partial charge on any atom is -0.461 e. The fourth-order valence-electron chi connectivity index (χ4n) is 1.90. The largest absolute Gasteiger partial charge is 0.461 e. The molecular weight excluding hydrogens is 230 g/mol. The number of esters is 1. The van der Waals surface area contributed by atoms with Gasteiger partial charge in [-0.25, -0.2) is 4.79 Å². The van der Waals surface area contributed by atoms with Crippen LogP contribution in [0.5, 0.6) is 0 Å². The SMILES string of the molecule is CCOC(=O)C1=C(Cc2ccccc2)CCON1. The van der Waals surface area contributed by atoms with Crippen molar-refractivity contribution >= 4 is 5.97 Å². The predicted octanol–water partition coefficient (Wildman–Crippen LogP) is 1.97. The fraction of sp³-hybridized carbons (Fsp3) is 0.357. The van der Waals surface area contributed by atoms with Crippen molar-refractivity contribution in [1.82, 2.24) is 5.48 Å². The van der Waals surface area contributed by atoms with Crippen molar-refractivity contribution < 1.29 is 14.4 Å². The molecule has 4 heteroatoms. The summed E-state index contributed by atoms with van der Waals surface area (Å²) in [4.78, 5) is 16.9. The van der Waals surface area contributed by atoms with Crippen LogP contribution in [0.1, 0.15) is 18.9 Å². The van der Waals surface area contributed by atoms with Gasteiger partial charge in [-0.1, -0.05) is 30.3 Å². The molecule has 0 radical (unpaired) electrons. The maximum absolute atomic E-state index is 11.8. The summed E-state index contributed by atoms with van der Waals surface area (Å²) < 4.78 is 5.01. The molecule has 0 spiro atoms. The maximum Gasteiger partial charge on any atom is 0.356 e. The van der Waals surface area contributed by atoms with Gasteiger partial charge in [-0.2, -0.15) is 0 Å². The molecule has 0 amide bonds. The highest BCUT2D eigenvalue weighted by Crippen LogP contribution is 2.18. The number of rotatable bonds is 4. The number of hydrogen-bond donors (Lipinski definition) is 1. The molecule has 0 unspecified atom stereocenters. The average Bonchev–Trinajstić information content (AvgIpc) is 2.41. The second-order valence-electron chi connectivity index (χ2n) is 4.06. The number of ether oxygens (including phenoxy) is 1. The Kier molecular flexibility index (Phi) is 4.36. The van der Waals surface area contributed by atoms with Crippen LogP contribution in [0, 0.1) is 0 Å². The van der Waals surface area contributed by atoms with Crippen molar-refractivity contribution in [3.63, 3.8) is 0 Å². The van der Waals surface area contributed by atoms with E-state index in [2.05, 4.69) is 5.48 Å². The van der Waals surface area contributed by atoms with E-state index in [0.717, 1.165) is 18.4 Å². The van der Waals surface area contributed by atoms with Gasteiger partial charge in [0, 0.05) is 0 Å². The number of carbonyl (C=O) groups excluding carboxylic acids is 1. The molecule has 0 fully saturated rings. The van der Waals surface area contributed by atoms with Gasteiger partial charge < -0.3 is 4.74 Å². The van der Waals surface area contributed by atoms with Gasteiger partial charge in [-0.3, -0.25) is 10.3 Å². The number of carbonyl (C=O) groups is 1. The lowest BCUT2D eigenvalue weighted by atomic mass is 10.0. The minimum absolute atomic E-state index is 0.344. The Morgan fingerprint density at radius 3 is 2.89 bits per heavy atom. The predicted molar refractivity (Wildman–Crippen MR) is 67.5 cm³/mol. The molecule has 0 aromatic heterocycles. The van der Waals surface area contributed by atoms with Gasteiger partial charge in [0.1, 0.15) is 5.70 Å². The van der Waals surface area contributed by atoms with Gasteiger partial charge in [-0.15, -0.1) is 0 Å². The summed E-state index contributed by atoms with van der Waals surface area (Å²) in [6.07, 6.45) is 1.49. The van der Waals surface area contributed by atoms with E-state index >= 15 is 0 Å². The maximum atomic E-state index is 11.8. The molecule has 1 aliphatic rings. The molecule has 2 rings (SSSR count). The third-order valence-electron chi connectivity index (χ3n) is 2.77. The van der Waals surface area contributed by atoms with Crippen molar-refractivity contribution in [3.05, 3.63) is 47.2 Å². The molecule has 1 aromatic rings. The minimum atomic E-state index is -0.344. The first-order valence-corrected chi connectivity index (χ1v) is 6.12. The third-order valence-corrected chi connectivity index (χ3v) is 2.77. The van der Waals surface area contributed by atoms with Gasteiger partial charge in [0.25, 0.3) is 0 Å². The summed E-state index contributed by atoms with van der Waals surface area (Å²) in [5.74, 6) is -0.344. The van der Waals surface area contributed by atoms with E-state index in [1.165, 1.54) is 5.56 Å². The summed E-state index contributed by atoms with van der Waals surface area (Å²) in [5.41, 5.74) is 5.34. The van der Waals surface area contributed by atoms with E-state index in [4.69, 9.17) is 9.57 Å². The lowest BCUT2D eigenvalue weighted by molar-refractivity contribution is -0.141. The summed E-state index contributed by atoms with van der Waals surface area (Å²) in [6.45, 7) is 2.73. The number of nitrogens with one attached hydrogen (secondary N) is 1. The van der Waals surface area contributed by atoms with E-state index in [1.807, 2.05) is 30.3 Å². The molecule has 96 valence electrons. The fourth-order valence-corrected chi connectivity index (χ4v) is 1.90. The zero-order chi connectivity index (χ0) is 12.8. The molecule has 0 saturated heterocycles. The molecule has 0 bridgehead atoms. The Morgan fingerprint density at radius 1 is 1.39 bits per heavy atom. The summed E-state index contributed by atoms with van der Waals surface area (Å²) in [5, 5.41) is 0. The Balaban J connectivity index is 2.18. The van der Waals surface area contributed by atoms with Crippen LogP contribution in [0.25, 0.3) is 0 Å². The number of hydrogen-bond acceptors (Lipinski definition) is 4. The Hall–Kier alpha value is -1.81. The molecule has 0 saturated carbocycles. The van der Waals surface area contributed by atoms with E-state index in [9.17, 15) is 4.79 Å². The van der Waals surface area contributed by atoms with E-state index in [1.54, 1.807) is 6.92 Å². The van der Waals surface area contributed by atoms with Gasteiger partial charge >= 0.3 is 5.97 Å². The van der Waals surface area contributed by atoms with Crippen LogP contribution < -0.4 is 5.48 Å². The lowest BCUT2D eigenvalue weighted by Gasteiger charge is -2.20. The van der Waals surface area contributed by atoms with Gasteiger partial charge in [0.15, 0.2) is 0 Å². The topological polar surface area (TPSA) is 47.6 Å². The molecular formula is C14H17NO3. The first-order chi connectivity index (χ1) is 8.81. The molecule has 0 aliphatic carbocycles. The van der Waals surface area contributed by atoms with Crippen LogP contribution in [0.2, 0.25) is 0 Å². The first-order valence-electron chi connectivity index (χ1n) is 6.12. The Morgan fingerprint density at radius 2 is 2.17 bits per heavy atom. The molecule has 1 heterocycles. The lowest BCUT2D eigenvalue weighted by Crippen LogP contribution is -2.30. The van der Waals surface area contributed by atoms with E-state index in [0.29, 0.717) is 18.9 Å². The number of benzene rings is 1. The van der Waals surface area contributed by atoms with Crippen LogP contribution in [0.15, 0.2) is 41.6 Å². The van der Waals surface area contributed by atoms with E-state index in [-0.39, 0.29) is 5.97 Å².